The van der Waals surface area contributed by atoms with Gasteiger partial charge in [-0.25, -0.2) is 0 Å². The van der Waals surface area contributed by atoms with Gasteiger partial charge in [0.1, 0.15) is 0 Å². The zero-order valence-electron chi connectivity index (χ0n) is 18.3. The second-order valence-electron chi connectivity index (χ2n) is 9.47. The fourth-order valence-corrected chi connectivity index (χ4v) is 5.03. The van der Waals surface area contributed by atoms with Crippen molar-refractivity contribution in [3.05, 3.63) is 71.9 Å². The van der Waals surface area contributed by atoms with Gasteiger partial charge in [-0.15, -0.1) is 0 Å². The van der Waals surface area contributed by atoms with Crippen LogP contribution in [0.3, 0.4) is 0 Å². The summed E-state index contributed by atoms with van der Waals surface area (Å²) in [7, 11) is 0. The number of carbonyl (C=O) groups is 1. The topological polar surface area (TPSA) is 45.2 Å². The van der Waals surface area contributed by atoms with Crippen LogP contribution in [0.2, 0.25) is 0 Å². The molecule has 2 heterocycles. The molecule has 2 aromatic carbocycles. The summed E-state index contributed by atoms with van der Waals surface area (Å²) in [6, 6.07) is 18.4. The van der Waals surface area contributed by atoms with E-state index in [4.69, 9.17) is 0 Å². The third kappa shape index (κ3) is 4.30. The molecule has 1 saturated heterocycles. The molecular weight excluding hydrogens is 382 g/mol. The van der Waals surface area contributed by atoms with Crippen LogP contribution in [0, 0.1) is 11.3 Å². The minimum absolute atomic E-state index is 0.172. The van der Waals surface area contributed by atoms with Crippen LogP contribution in [0.15, 0.2) is 60.8 Å². The summed E-state index contributed by atoms with van der Waals surface area (Å²) >= 11 is 0. The van der Waals surface area contributed by atoms with E-state index in [0.29, 0.717) is 5.41 Å². The highest BCUT2D eigenvalue weighted by Crippen LogP contribution is 2.51. The maximum Gasteiger partial charge on any atom is 0.253 e. The molecule has 0 spiro atoms. The van der Waals surface area contributed by atoms with Crippen LogP contribution in [0.1, 0.15) is 48.5 Å². The second kappa shape index (κ2) is 8.33. The van der Waals surface area contributed by atoms with Crippen molar-refractivity contribution < 1.29 is 4.79 Å². The molecule has 0 radical (unpaired) electrons. The molecule has 1 aliphatic heterocycles. The normalized spacial score (nSPS) is 18.2. The van der Waals surface area contributed by atoms with Crippen molar-refractivity contribution in [3.8, 4) is 0 Å². The largest absolute Gasteiger partial charge is 0.385 e. The number of benzene rings is 2. The number of hydrogen-bond donors (Lipinski definition) is 1. The quantitative estimate of drug-likeness (QED) is 0.577. The summed E-state index contributed by atoms with van der Waals surface area (Å²) in [5, 5.41) is 4.66. The van der Waals surface area contributed by atoms with Gasteiger partial charge in [-0.2, -0.15) is 0 Å². The summed E-state index contributed by atoms with van der Waals surface area (Å²) in [6.07, 6.45) is 7.82. The molecule has 2 fully saturated rings. The lowest BCUT2D eigenvalue weighted by molar-refractivity contribution is 0.0567. The van der Waals surface area contributed by atoms with E-state index in [2.05, 4.69) is 41.5 Å². The standard InChI is InChI=1S/C27H31N3O/c1-27(23-9-10-23)14-18-30(19-15-27)26(31)22-7-11-24(12-8-22)28-17-13-21-5-2-4-20-6-3-16-29-25(20)21/h2-8,11-12,16,23,28H,9-10,13-15,17-19H2,1H3. The van der Waals surface area contributed by atoms with Crippen LogP contribution in [0.4, 0.5) is 5.69 Å². The molecule has 3 aromatic rings. The van der Waals surface area contributed by atoms with Gasteiger partial charge in [0, 0.05) is 42.5 Å². The molecule has 4 heteroatoms. The summed E-state index contributed by atoms with van der Waals surface area (Å²) in [6.45, 7) is 5.03. The molecule has 1 aromatic heterocycles. The van der Waals surface area contributed by atoms with E-state index in [1.807, 2.05) is 41.4 Å². The van der Waals surface area contributed by atoms with Gasteiger partial charge in [-0.05, 0) is 79.3 Å². The number of amides is 1. The highest BCUT2D eigenvalue weighted by atomic mass is 16.2. The van der Waals surface area contributed by atoms with Gasteiger partial charge in [0.2, 0.25) is 0 Å². The Morgan fingerprint density at radius 3 is 2.55 bits per heavy atom. The highest BCUT2D eigenvalue weighted by molar-refractivity contribution is 5.94. The first-order valence-electron chi connectivity index (χ1n) is 11.6. The van der Waals surface area contributed by atoms with Crippen LogP contribution in [0.5, 0.6) is 0 Å². The molecule has 5 rings (SSSR count). The van der Waals surface area contributed by atoms with E-state index in [0.717, 1.165) is 61.6 Å². The van der Waals surface area contributed by atoms with Crippen molar-refractivity contribution >= 4 is 22.5 Å². The number of aromatic nitrogens is 1. The number of nitrogens with one attached hydrogen (secondary N) is 1. The zero-order chi connectivity index (χ0) is 21.3. The van der Waals surface area contributed by atoms with Crippen molar-refractivity contribution in [3.63, 3.8) is 0 Å². The van der Waals surface area contributed by atoms with Crippen LogP contribution >= 0.6 is 0 Å². The smallest absolute Gasteiger partial charge is 0.253 e. The molecule has 1 amide bonds. The Hall–Kier alpha value is -2.88. The summed E-state index contributed by atoms with van der Waals surface area (Å²) in [4.78, 5) is 19.5. The van der Waals surface area contributed by atoms with Gasteiger partial charge in [0.15, 0.2) is 0 Å². The lowest BCUT2D eigenvalue weighted by atomic mass is 9.76. The summed E-state index contributed by atoms with van der Waals surface area (Å²) in [5.41, 5.74) is 4.63. The SMILES string of the molecule is CC1(C2CC2)CCN(C(=O)c2ccc(NCCc3cccc4cccnc34)cc2)CC1. The Morgan fingerprint density at radius 2 is 1.81 bits per heavy atom. The van der Waals surface area contributed by atoms with E-state index < -0.39 is 0 Å². The Balaban J connectivity index is 1.15. The van der Waals surface area contributed by atoms with E-state index in [9.17, 15) is 4.79 Å². The lowest BCUT2D eigenvalue weighted by Gasteiger charge is -2.39. The first-order valence-corrected chi connectivity index (χ1v) is 11.6. The number of likely N-dealkylation sites (tertiary alicyclic amines) is 1. The van der Waals surface area contributed by atoms with E-state index in [-0.39, 0.29) is 5.91 Å². The van der Waals surface area contributed by atoms with Crippen molar-refractivity contribution in [2.45, 2.75) is 39.0 Å². The van der Waals surface area contributed by atoms with Gasteiger partial charge in [-0.3, -0.25) is 9.78 Å². The minimum atomic E-state index is 0.172. The summed E-state index contributed by atoms with van der Waals surface area (Å²) < 4.78 is 0. The molecule has 2 aliphatic rings. The molecule has 0 bridgehead atoms. The van der Waals surface area contributed by atoms with Gasteiger partial charge in [-0.1, -0.05) is 31.2 Å². The highest BCUT2D eigenvalue weighted by Gasteiger charge is 2.43. The van der Waals surface area contributed by atoms with Crippen molar-refractivity contribution in [1.29, 1.82) is 0 Å². The van der Waals surface area contributed by atoms with E-state index in [1.54, 1.807) is 0 Å². The van der Waals surface area contributed by atoms with Crippen LogP contribution in [-0.4, -0.2) is 35.4 Å². The number of fused-ring (bicyclic) bond motifs is 1. The predicted molar refractivity (Wildman–Crippen MR) is 126 cm³/mol. The number of para-hydroxylation sites is 1. The Labute approximate surface area is 184 Å². The summed E-state index contributed by atoms with van der Waals surface area (Å²) in [5.74, 6) is 1.07. The van der Waals surface area contributed by atoms with Crippen molar-refractivity contribution in [2.24, 2.45) is 11.3 Å². The average molecular weight is 414 g/mol. The van der Waals surface area contributed by atoms with E-state index in [1.165, 1.54) is 23.8 Å². The van der Waals surface area contributed by atoms with E-state index >= 15 is 0 Å². The first-order chi connectivity index (χ1) is 15.1. The van der Waals surface area contributed by atoms with Crippen LogP contribution < -0.4 is 5.32 Å². The van der Waals surface area contributed by atoms with Gasteiger partial charge >= 0.3 is 0 Å². The maximum absolute atomic E-state index is 12.9. The van der Waals surface area contributed by atoms with Gasteiger partial charge in [0.05, 0.1) is 5.52 Å². The van der Waals surface area contributed by atoms with Crippen LogP contribution in [-0.2, 0) is 6.42 Å². The second-order valence-corrected chi connectivity index (χ2v) is 9.47. The third-order valence-corrected chi connectivity index (χ3v) is 7.33. The number of carbonyl (C=O) groups excluding carboxylic acids is 1. The van der Waals surface area contributed by atoms with Crippen LogP contribution in [0.25, 0.3) is 10.9 Å². The maximum atomic E-state index is 12.9. The van der Waals surface area contributed by atoms with Gasteiger partial charge < -0.3 is 10.2 Å². The predicted octanol–water partition coefficient (Wildman–Crippen LogP) is 5.54. The molecule has 160 valence electrons. The molecule has 1 N–H and O–H groups in total. The number of anilines is 1. The fourth-order valence-electron chi connectivity index (χ4n) is 5.03. The molecular formula is C27H31N3O. The molecule has 4 nitrogen and oxygen atoms in total. The third-order valence-electron chi connectivity index (χ3n) is 7.33. The molecule has 1 aliphatic carbocycles. The number of pyridine rings is 1. The number of rotatable bonds is 6. The Kier molecular flexibility index (Phi) is 5.39. The number of nitrogens with zero attached hydrogens (tertiary/aromatic N) is 2. The first kappa shape index (κ1) is 20.0. The van der Waals surface area contributed by atoms with Crippen molar-refractivity contribution in [2.75, 3.05) is 25.0 Å². The molecule has 0 atom stereocenters. The Bertz CT molecular complexity index is 1060. The molecule has 31 heavy (non-hydrogen) atoms. The molecule has 1 saturated carbocycles. The van der Waals surface area contributed by atoms with Crippen molar-refractivity contribution in [1.82, 2.24) is 9.88 Å². The zero-order valence-corrected chi connectivity index (χ0v) is 18.3. The number of hydrogen-bond acceptors (Lipinski definition) is 3. The van der Waals surface area contributed by atoms with Gasteiger partial charge in [0.25, 0.3) is 5.91 Å². The lowest BCUT2D eigenvalue weighted by Crippen LogP contribution is -2.42. The monoisotopic (exact) mass is 413 g/mol. The molecule has 0 unspecified atom stereocenters. The number of piperidine rings is 1. The average Bonchev–Trinajstić information content (AvgIpc) is 3.66. The Morgan fingerprint density at radius 1 is 1.06 bits per heavy atom. The minimum Gasteiger partial charge on any atom is -0.385 e. The fraction of sp³-hybridized carbons (Fsp3) is 0.407.